The Morgan fingerprint density at radius 3 is 2.59 bits per heavy atom. The highest BCUT2D eigenvalue weighted by atomic mass is 15.2. The second-order valence-corrected chi connectivity index (χ2v) is 5.32. The molecule has 0 aliphatic heterocycles. The lowest BCUT2D eigenvalue weighted by molar-refractivity contribution is 0.449. The minimum atomic E-state index is 0.531. The van der Waals surface area contributed by atoms with E-state index >= 15 is 0 Å². The highest BCUT2D eigenvalue weighted by molar-refractivity contribution is 5.29. The summed E-state index contributed by atoms with van der Waals surface area (Å²) >= 11 is 0. The Kier molecular flexibility index (Phi) is 5.52. The molecule has 0 bridgehead atoms. The van der Waals surface area contributed by atoms with Crippen LogP contribution in [0.1, 0.15) is 58.7 Å². The van der Waals surface area contributed by atoms with Crippen LogP contribution >= 0.6 is 0 Å². The van der Waals surface area contributed by atoms with Gasteiger partial charge in [-0.2, -0.15) is 0 Å². The maximum atomic E-state index is 4.52. The first-order valence-electron chi connectivity index (χ1n) is 6.84. The third-order valence-electron chi connectivity index (χ3n) is 3.07. The number of imidazole rings is 1. The lowest BCUT2D eigenvalue weighted by Gasteiger charge is -2.17. The van der Waals surface area contributed by atoms with Crippen LogP contribution in [-0.2, 0) is 0 Å². The molecule has 0 amide bonds. The number of hydrogen-bond donors (Lipinski definition) is 1. The topological polar surface area (TPSA) is 29.9 Å². The number of anilines is 1. The Bertz CT molecular complexity index is 328. The quantitative estimate of drug-likeness (QED) is 0.776. The van der Waals surface area contributed by atoms with Gasteiger partial charge < -0.3 is 9.88 Å². The molecule has 98 valence electrons. The van der Waals surface area contributed by atoms with Crippen LogP contribution < -0.4 is 5.32 Å². The SMILES string of the molecule is CCNc1nc(C)cn1C(C)CCCC(C)C. The number of aryl methyl sites for hydroxylation is 1. The first-order chi connectivity index (χ1) is 8.04. The van der Waals surface area contributed by atoms with Gasteiger partial charge in [0.1, 0.15) is 0 Å². The van der Waals surface area contributed by atoms with Crippen LogP contribution in [0, 0.1) is 12.8 Å². The summed E-state index contributed by atoms with van der Waals surface area (Å²) in [5.74, 6) is 1.82. The maximum absolute atomic E-state index is 4.52. The van der Waals surface area contributed by atoms with Crippen molar-refractivity contribution in [2.45, 2.75) is 59.9 Å². The summed E-state index contributed by atoms with van der Waals surface area (Å²) in [5.41, 5.74) is 1.09. The summed E-state index contributed by atoms with van der Waals surface area (Å²) < 4.78 is 2.28. The molecule has 17 heavy (non-hydrogen) atoms. The fourth-order valence-electron chi connectivity index (χ4n) is 2.10. The predicted molar refractivity (Wildman–Crippen MR) is 74.5 cm³/mol. The van der Waals surface area contributed by atoms with Crippen LogP contribution in [0.2, 0.25) is 0 Å². The van der Waals surface area contributed by atoms with Gasteiger partial charge in [-0.25, -0.2) is 4.98 Å². The Morgan fingerprint density at radius 2 is 2.00 bits per heavy atom. The van der Waals surface area contributed by atoms with E-state index in [9.17, 15) is 0 Å². The van der Waals surface area contributed by atoms with Crippen molar-refractivity contribution in [2.24, 2.45) is 5.92 Å². The zero-order chi connectivity index (χ0) is 12.8. The molecule has 0 aliphatic rings. The molecule has 1 aromatic heterocycles. The van der Waals surface area contributed by atoms with Crippen LogP contribution in [-0.4, -0.2) is 16.1 Å². The van der Waals surface area contributed by atoms with Gasteiger partial charge in [0, 0.05) is 18.8 Å². The third kappa shape index (κ3) is 4.41. The van der Waals surface area contributed by atoms with Crippen molar-refractivity contribution in [3.05, 3.63) is 11.9 Å². The Morgan fingerprint density at radius 1 is 1.29 bits per heavy atom. The van der Waals surface area contributed by atoms with Crippen molar-refractivity contribution in [3.8, 4) is 0 Å². The lowest BCUT2D eigenvalue weighted by atomic mass is 10.0. The highest BCUT2D eigenvalue weighted by Gasteiger charge is 2.11. The van der Waals surface area contributed by atoms with Gasteiger partial charge in [-0.05, 0) is 33.1 Å². The number of hydrogen-bond acceptors (Lipinski definition) is 2. The molecule has 1 N–H and O–H groups in total. The normalized spacial score (nSPS) is 13.1. The first kappa shape index (κ1) is 14.1. The minimum absolute atomic E-state index is 0.531. The van der Waals surface area contributed by atoms with Crippen LogP contribution in [0.4, 0.5) is 5.95 Å². The van der Waals surface area contributed by atoms with Crippen LogP contribution in [0.15, 0.2) is 6.20 Å². The van der Waals surface area contributed by atoms with E-state index in [1.165, 1.54) is 19.3 Å². The zero-order valence-electron chi connectivity index (χ0n) is 12.0. The molecule has 0 aliphatic carbocycles. The molecule has 1 rings (SSSR count). The second-order valence-electron chi connectivity index (χ2n) is 5.32. The van der Waals surface area contributed by atoms with E-state index in [0.717, 1.165) is 24.1 Å². The highest BCUT2D eigenvalue weighted by Crippen LogP contribution is 2.21. The number of nitrogens with one attached hydrogen (secondary N) is 1. The average molecular weight is 237 g/mol. The molecule has 0 spiro atoms. The zero-order valence-corrected chi connectivity index (χ0v) is 12.0. The lowest BCUT2D eigenvalue weighted by Crippen LogP contribution is -2.10. The molecule has 1 heterocycles. The number of nitrogens with zero attached hydrogens (tertiary/aromatic N) is 2. The van der Waals surface area contributed by atoms with Crippen molar-refractivity contribution in [2.75, 3.05) is 11.9 Å². The molecule has 0 radical (unpaired) electrons. The van der Waals surface area contributed by atoms with Crippen molar-refractivity contribution in [1.29, 1.82) is 0 Å². The van der Waals surface area contributed by atoms with Gasteiger partial charge in [0.05, 0.1) is 5.69 Å². The fourth-order valence-corrected chi connectivity index (χ4v) is 2.10. The van der Waals surface area contributed by atoms with Gasteiger partial charge in [-0.3, -0.25) is 0 Å². The first-order valence-corrected chi connectivity index (χ1v) is 6.84. The monoisotopic (exact) mass is 237 g/mol. The summed E-state index contributed by atoms with van der Waals surface area (Å²) in [6, 6.07) is 0.531. The largest absolute Gasteiger partial charge is 0.356 e. The standard InChI is InChI=1S/C14H27N3/c1-6-15-14-16-12(4)10-17(14)13(5)9-7-8-11(2)3/h10-11,13H,6-9H2,1-5H3,(H,15,16). The fraction of sp³-hybridized carbons (Fsp3) is 0.786. The average Bonchev–Trinajstić information content (AvgIpc) is 2.59. The predicted octanol–water partition coefficient (Wildman–Crippen LogP) is 4.01. The number of rotatable bonds is 7. The summed E-state index contributed by atoms with van der Waals surface area (Å²) in [6.07, 6.45) is 5.99. The van der Waals surface area contributed by atoms with Crippen LogP contribution in [0.25, 0.3) is 0 Å². The van der Waals surface area contributed by atoms with Crippen molar-refractivity contribution in [3.63, 3.8) is 0 Å². The number of aromatic nitrogens is 2. The van der Waals surface area contributed by atoms with Crippen LogP contribution in [0.5, 0.6) is 0 Å². The van der Waals surface area contributed by atoms with Gasteiger partial charge in [0.2, 0.25) is 5.95 Å². The van der Waals surface area contributed by atoms with E-state index in [1.807, 2.05) is 0 Å². The van der Waals surface area contributed by atoms with Gasteiger partial charge in [0.15, 0.2) is 0 Å². The summed E-state index contributed by atoms with van der Waals surface area (Å²) in [5, 5.41) is 3.33. The van der Waals surface area contributed by atoms with Gasteiger partial charge in [-0.15, -0.1) is 0 Å². The molecule has 3 nitrogen and oxygen atoms in total. The second kappa shape index (κ2) is 6.67. The van der Waals surface area contributed by atoms with Gasteiger partial charge in [0.25, 0.3) is 0 Å². The van der Waals surface area contributed by atoms with Crippen molar-refractivity contribution >= 4 is 5.95 Å². The molecular formula is C14H27N3. The van der Waals surface area contributed by atoms with E-state index in [1.54, 1.807) is 0 Å². The van der Waals surface area contributed by atoms with Crippen molar-refractivity contribution < 1.29 is 0 Å². The Hall–Kier alpha value is -0.990. The maximum Gasteiger partial charge on any atom is 0.203 e. The summed E-state index contributed by atoms with van der Waals surface area (Å²) in [4.78, 5) is 4.52. The molecule has 1 aromatic rings. The van der Waals surface area contributed by atoms with Gasteiger partial charge in [-0.1, -0.05) is 26.7 Å². The molecule has 1 unspecified atom stereocenters. The summed E-state index contributed by atoms with van der Waals surface area (Å²) in [7, 11) is 0. The molecule has 0 aromatic carbocycles. The third-order valence-corrected chi connectivity index (χ3v) is 3.07. The van der Waals surface area contributed by atoms with E-state index in [4.69, 9.17) is 0 Å². The molecule has 0 saturated heterocycles. The van der Waals surface area contributed by atoms with Crippen molar-refractivity contribution in [1.82, 2.24) is 9.55 Å². The van der Waals surface area contributed by atoms with E-state index in [-0.39, 0.29) is 0 Å². The van der Waals surface area contributed by atoms with E-state index in [0.29, 0.717) is 6.04 Å². The molecule has 0 fully saturated rings. The van der Waals surface area contributed by atoms with E-state index < -0.39 is 0 Å². The van der Waals surface area contributed by atoms with E-state index in [2.05, 4.69) is 55.7 Å². The molecular weight excluding hydrogens is 210 g/mol. The minimum Gasteiger partial charge on any atom is -0.356 e. The summed E-state index contributed by atoms with van der Waals surface area (Å²) in [6.45, 7) is 11.9. The molecule has 0 saturated carbocycles. The van der Waals surface area contributed by atoms with Gasteiger partial charge >= 0.3 is 0 Å². The smallest absolute Gasteiger partial charge is 0.203 e. The Balaban J connectivity index is 2.57. The Labute approximate surface area is 106 Å². The molecule has 1 atom stereocenters. The van der Waals surface area contributed by atoms with Crippen LogP contribution in [0.3, 0.4) is 0 Å². The molecule has 3 heteroatoms.